The number of carbonyl (C=O) groups is 2. The normalized spacial score (nSPS) is 18.6. The van der Waals surface area contributed by atoms with Crippen molar-refractivity contribution in [2.45, 2.75) is 45.4 Å². The van der Waals surface area contributed by atoms with Gasteiger partial charge in [-0.25, -0.2) is 0 Å². The lowest BCUT2D eigenvalue weighted by molar-refractivity contribution is -0.134. The molecule has 0 radical (unpaired) electrons. The summed E-state index contributed by atoms with van der Waals surface area (Å²) in [5.41, 5.74) is 2.35. The average molecular weight is 363 g/mol. The molecule has 1 aliphatic carbocycles. The minimum absolute atomic E-state index is 0.119. The van der Waals surface area contributed by atoms with Gasteiger partial charge >= 0.3 is 0 Å². The Morgan fingerprint density at radius 3 is 2.44 bits per heavy atom. The molecule has 1 aromatic rings. The van der Waals surface area contributed by atoms with Crippen LogP contribution in [0.15, 0.2) is 18.2 Å². The van der Waals surface area contributed by atoms with E-state index in [1.54, 1.807) is 0 Å². The van der Waals surface area contributed by atoms with Crippen molar-refractivity contribution in [2.75, 3.05) is 31.1 Å². The summed E-state index contributed by atoms with van der Waals surface area (Å²) in [5.74, 6) is 0.628. The molecule has 2 aliphatic rings. The number of anilines is 1. The maximum Gasteiger partial charge on any atom is 0.223 e. The molecule has 0 unspecified atom stereocenters. The molecule has 4 nitrogen and oxygen atoms in total. The first-order valence-corrected chi connectivity index (χ1v) is 9.74. The topological polar surface area (TPSA) is 40.6 Å². The van der Waals surface area contributed by atoms with Crippen LogP contribution in [0.1, 0.15) is 44.1 Å². The fourth-order valence-corrected chi connectivity index (χ4v) is 4.13. The molecule has 1 saturated carbocycles. The zero-order valence-electron chi connectivity index (χ0n) is 15.0. The second-order valence-electron chi connectivity index (χ2n) is 7.25. The van der Waals surface area contributed by atoms with Crippen molar-refractivity contribution in [3.8, 4) is 0 Å². The van der Waals surface area contributed by atoms with Crippen LogP contribution in [0.3, 0.4) is 0 Å². The van der Waals surface area contributed by atoms with Crippen LogP contribution < -0.4 is 4.90 Å². The van der Waals surface area contributed by atoms with Gasteiger partial charge in [0, 0.05) is 55.6 Å². The summed E-state index contributed by atoms with van der Waals surface area (Å²) >= 11 is 6.12. The van der Waals surface area contributed by atoms with Gasteiger partial charge < -0.3 is 9.80 Å². The van der Waals surface area contributed by atoms with E-state index < -0.39 is 0 Å². The molecule has 1 saturated heterocycles. The minimum Gasteiger partial charge on any atom is -0.368 e. The van der Waals surface area contributed by atoms with Gasteiger partial charge in [-0.1, -0.05) is 30.5 Å². The number of carbonyl (C=O) groups excluding carboxylic acids is 2. The first-order chi connectivity index (χ1) is 12.0. The number of aryl methyl sites for hydroxylation is 1. The molecule has 0 atom stereocenters. The number of hydrogen-bond donors (Lipinski definition) is 0. The number of nitrogens with zero attached hydrogens (tertiary/aromatic N) is 2. The van der Waals surface area contributed by atoms with Gasteiger partial charge in [0.1, 0.15) is 5.78 Å². The van der Waals surface area contributed by atoms with Crippen LogP contribution in [0.2, 0.25) is 5.02 Å². The van der Waals surface area contributed by atoms with Crippen molar-refractivity contribution in [2.24, 2.45) is 5.92 Å². The second kappa shape index (κ2) is 8.22. The number of hydrogen-bond acceptors (Lipinski definition) is 3. The Labute approximate surface area is 155 Å². The predicted molar refractivity (Wildman–Crippen MR) is 101 cm³/mol. The number of Topliss-reactive ketones (excluding diaryl/α,β-unsaturated/α-hetero) is 1. The minimum atomic E-state index is 0.119. The van der Waals surface area contributed by atoms with Crippen LogP contribution in [0.5, 0.6) is 0 Å². The number of rotatable bonds is 5. The Morgan fingerprint density at radius 1 is 1.08 bits per heavy atom. The van der Waals surface area contributed by atoms with Gasteiger partial charge in [-0.05, 0) is 37.5 Å². The maximum atomic E-state index is 12.4. The summed E-state index contributed by atoms with van der Waals surface area (Å²) in [4.78, 5) is 28.8. The standard InChI is InChI=1S/C20H27ClN2O2/c1-15-6-7-17(21)14-18(15)22-10-12-23(13-11-22)20(25)9-8-19(24)16-4-2-3-5-16/h6-7,14,16H,2-5,8-13H2,1H3. The Kier molecular flexibility index (Phi) is 6.00. The van der Waals surface area contributed by atoms with E-state index in [9.17, 15) is 9.59 Å². The lowest BCUT2D eigenvalue weighted by atomic mass is 9.98. The number of piperazine rings is 1. The lowest BCUT2D eigenvalue weighted by Gasteiger charge is -2.37. The summed E-state index contributed by atoms with van der Waals surface area (Å²) in [6, 6.07) is 5.93. The Morgan fingerprint density at radius 2 is 1.76 bits per heavy atom. The molecule has 0 spiro atoms. The molecule has 25 heavy (non-hydrogen) atoms. The van der Waals surface area contributed by atoms with E-state index >= 15 is 0 Å². The molecule has 0 aromatic heterocycles. The fourth-order valence-electron chi connectivity index (χ4n) is 3.96. The molecule has 1 aromatic carbocycles. The third kappa shape index (κ3) is 4.55. The van der Waals surface area contributed by atoms with E-state index in [0.717, 1.165) is 49.5 Å². The zero-order chi connectivity index (χ0) is 17.8. The molecule has 2 fully saturated rings. The van der Waals surface area contributed by atoms with E-state index in [4.69, 9.17) is 11.6 Å². The van der Waals surface area contributed by atoms with Gasteiger partial charge in [0.2, 0.25) is 5.91 Å². The summed E-state index contributed by atoms with van der Waals surface area (Å²) in [5, 5.41) is 0.740. The van der Waals surface area contributed by atoms with Crippen molar-refractivity contribution in [3.05, 3.63) is 28.8 Å². The highest BCUT2D eigenvalue weighted by atomic mass is 35.5. The molecule has 5 heteroatoms. The van der Waals surface area contributed by atoms with Crippen molar-refractivity contribution < 1.29 is 9.59 Å². The Balaban J connectivity index is 1.47. The van der Waals surface area contributed by atoms with Crippen molar-refractivity contribution in [3.63, 3.8) is 0 Å². The van der Waals surface area contributed by atoms with Crippen LogP contribution in [0, 0.1) is 12.8 Å². The SMILES string of the molecule is Cc1ccc(Cl)cc1N1CCN(C(=O)CCC(=O)C2CCCC2)CC1. The second-order valence-corrected chi connectivity index (χ2v) is 7.68. The van der Waals surface area contributed by atoms with Crippen LogP contribution in [-0.2, 0) is 9.59 Å². The van der Waals surface area contributed by atoms with Crippen LogP contribution >= 0.6 is 11.6 Å². The van der Waals surface area contributed by atoms with E-state index in [1.807, 2.05) is 23.1 Å². The number of halogens is 1. The summed E-state index contributed by atoms with van der Waals surface area (Å²) in [6.07, 6.45) is 5.14. The predicted octanol–water partition coefficient (Wildman–Crippen LogP) is 3.84. The highest BCUT2D eigenvalue weighted by molar-refractivity contribution is 6.30. The Hall–Kier alpha value is -1.55. The monoisotopic (exact) mass is 362 g/mol. The third-order valence-electron chi connectivity index (χ3n) is 5.54. The summed E-state index contributed by atoms with van der Waals surface area (Å²) in [6.45, 7) is 5.12. The van der Waals surface area contributed by atoms with Crippen molar-refractivity contribution in [1.82, 2.24) is 4.90 Å². The first kappa shape index (κ1) is 18.2. The molecule has 1 heterocycles. The number of benzene rings is 1. The van der Waals surface area contributed by atoms with E-state index in [1.165, 1.54) is 5.56 Å². The number of ketones is 1. The van der Waals surface area contributed by atoms with Crippen LogP contribution in [-0.4, -0.2) is 42.8 Å². The molecular weight excluding hydrogens is 336 g/mol. The van der Waals surface area contributed by atoms with Crippen molar-refractivity contribution >= 4 is 29.0 Å². The van der Waals surface area contributed by atoms with Gasteiger partial charge in [0.25, 0.3) is 0 Å². The molecule has 1 aliphatic heterocycles. The molecule has 1 amide bonds. The Bertz CT molecular complexity index is 633. The fraction of sp³-hybridized carbons (Fsp3) is 0.600. The highest BCUT2D eigenvalue weighted by Gasteiger charge is 2.25. The summed E-state index contributed by atoms with van der Waals surface area (Å²) < 4.78 is 0. The molecule has 0 N–H and O–H groups in total. The molecular formula is C20H27ClN2O2. The van der Waals surface area contributed by atoms with E-state index in [0.29, 0.717) is 31.7 Å². The number of amides is 1. The van der Waals surface area contributed by atoms with Gasteiger partial charge in [-0.3, -0.25) is 9.59 Å². The van der Waals surface area contributed by atoms with E-state index in [-0.39, 0.29) is 11.8 Å². The third-order valence-corrected chi connectivity index (χ3v) is 5.78. The van der Waals surface area contributed by atoms with Gasteiger partial charge in [-0.15, -0.1) is 0 Å². The maximum absolute atomic E-state index is 12.4. The smallest absolute Gasteiger partial charge is 0.223 e. The van der Waals surface area contributed by atoms with Gasteiger partial charge in [-0.2, -0.15) is 0 Å². The van der Waals surface area contributed by atoms with Crippen LogP contribution in [0.4, 0.5) is 5.69 Å². The molecule has 3 rings (SSSR count). The van der Waals surface area contributed by atoms with Gasteiger partial charge in [0.05, 0.1) is 0 Å². The first-order valence-electron chi connectivity index (χ1n) is 9.36. The quantitative estimate of drug-likeness (QED) is 0.799. The highest BCUT2D eigenvalue weighted by Crippen LogP contribution is 2.27. The molecule has 136 valence electrons. The van der Waals surface area contributed by atoms with Gasteiger partial charge in [0.15, 0.2) is 0 Å². The van der Waals surface area contributed by atoms with E-state index in [2.05, 4.69) is 11.8 Å². The lowest BCUT2D eigenvalue weighted by Crippen LogP contribution is -2.49. The molecule has 0 bridgehead atoms. The summed E-state index contributed by atoms with van der Waals surface area (Å²) in [7, 11) is 0. The van der Waals surface area contributed by atoms with Crippen LogP contribution in [0.25, 0.3) is 0 Å². The van der Waals surface area contributed by atoms with Crippen molar-refractivity contribution in [1.29, 1.82) is 0 Å². The zero-order valence-corrected chi connectivity index (χ0v) is 15.7. The largest absolute Gasteiger partial charge is 0.368 e. The average Bonchev–Trinajstić information content (AvgIpc) is 3.16.